The fourth-order valence-electron chi connectivity index (χ4n) is 2.47. The van der Waals surface area contributed by atoms with Crippen LogP contribution < -0.4 is 5.32 Å². The van der Waals surface area contributed by atoms with Crippen molar-refractivity contribution < 1.29 is 4.74 Å². The molecule has 2 atom stereocenters. The third-order valence-corrected chi connectivity index (χ3v) is 3.86. The van der Waals surface area contributed by atoms with Crippen molar-refractivity contribution in [2.75, 3.05) is 32.8 Å². The van der Waals surface area contributed by atoms with E-state index in [9.17, 15) is 0 Å². The lowest BCUT2D eigenvalue weighted by Gasteiger charge is -2.28. The first-order chi connectivity index (χ1) is 7.75. The van der Waals surface area contributed by atoms with Gasteiger partial charge in [-0.3, -0.25) is 4.90 Å². The first-order valence-corrected chi connectivity index (χ1v) is 6.82. The van der Waals surface area contributed by atoms with Crippen LogP contribution >= 0.6 is 0 Å². The largest absolute Gasteiger partial charge is 0.379 e. The molecule has 0 amide bonds. The van der Waals surface area contributed by atoms with E-state index in [4.69, 9.17) is 4.74 Å². The molecule has 0 aromatic rings. The van der Waals surface area contributed by atoms with E-state index in [2.05, 4.69) is 24.1 Å². The molecule has 1 aliphatic heterocycles. The monoisotopic (exact) mass is 226 g/mol. The Morgan fingerprint density at radius 1 is 1.25 bits per heavy atom. The molecular weight excluding hydrogens is 200 g/mol. The molecule has 0 spiro atoms. The molecule has 1 N–H and O–H groups in total. The Morgan fingerprint density at radius 2 is 1.94 bits per heavy atom. The molecule has 1 saturated heterocycles. The van der Waals surface area contributed by atoms with Crippen LogP contribution in [0.15, 0.2) is 0 Å². The predicted molar refractivity (Wildman–Crippen MR) is 66.7 cm³/mol. The highest BCUT2D eigenvalue weighted by Crippen LogP contribution is 2.32. The van der Waals surface area contributed by atoms with Gasteiger partial charge in [-0.15, -0.1) is 0 Å². The van der Waals surface area contributed by atoms with Gasteiger partial charge < -0.3 is 10.1 Å². The quantitative estimate of drug-likeness (QED) is 0.742. The second-order valence-electron chi connectivity index (χ2n) is 5.44. The smallest absolute Gasteiger partial charge is 0.0594 e. The van der Waals surface area contributed by atoms with Crippen LogP contribution in [0, 0.1) is 5.92 Å². The highest BCUT2D eigenvalue weighted by Gasteiger charge is 2.28. The Hall–Kier alpha value is -0.120. The van der Waals surface area contributed by atoms with Gasteiger partial charge in [0, 0.05) is 25.2 Å². The molecule has 94 valence electrons. The van der Waals surface area contributed by atoms with E-state index in [0.29, 0.717) is 6.04 Å². The first kappa shape index (κ1) is 12.3. The number of nitrogens with one attached hydrogen (secondary N) is 1. The minimum Gasteiger partial charge on any atom is -0.379 e. The van der Waals surface area contributed by atoms with E-state index < -0.39 is 0 Å². The molecule has 0 radical (unpaired) electrons. The summed E-state index contributed by atoms with van der Waals surface area (Å²) in [6.07, 6.45) is 4.13. The molecule has 1 heterocycles. The summed E-state index contributed by atoms with van der Waals surface area (Å²) in [6.45, 7) is 9.94. The van der Waals surface area contributed by atoms with E-state index in [1.807, 2.05) is 0 Å². The fraction of sp³-hybridized carbons (Fsp3) is 1.00. The van der Waals surface area contributed by atoms with Gasteiger partial charge in [-0.25, -0.2) is 0 Å². The van der Waals surface area contributed by atoms with Crippen molar-refractivity contribution in [3.63, 3.8) is 0 Å². The van der Waals surface area contributed by atoms with Gasteiger partial charge >= 0.3 is 0 Å². The molecule has 0 aromatic heterocycles. The van der Waals surface area contributed by atoms with Crippen molar-refractivity contribution in [3.8, 4) is 0 Å². The van der Waals surface area contributed by atoms with Crippen LogP contribution in [0.5, 0.6) is 0 Å². The van der Waals surface area contributed by atoms with Crippen LogP contribution in [0.2, 0.25) is 0 Å². The summed E-state index contributed by atoms with van der Waals surface area (Å²) < 4.78 is 5.35. The summed E-state index contributed by atoms with van der Waals surface area (Å²) in [7, 11) is 0. The highest BCUT2D eigenvalue weighted by atomic mass is 16.5. The molecule has 1 aliphatic carbocycles. The number of rotatable bonds is 6. The predicted octanol–water partition coefficient (Wildman–Crippen LogP) is 1.49. The van der Waals surface area contributed by atoms with Crippen molar-refractivity contribution in [2.24, 2.45) is 5.92 Å². The Labute approximate surface area is 99.5 Å². The maximum atomic E-state index is 5.35. The number of ether oxygens (including phenoxy) is 1. The molecule has 3 nitrogen and oxygen atoms in total. The molecular formula is C13H26N2O. The molecule has 3 heteroatoms. The maximum Gasteiger partial charge on any atom is 0.0594 e. The van der Waals surface area contributed by atoms with Crippen LogP contribution in [0.1, 0.15) is 33.1 Å². The fourth-order valence-corrected chi connectivity index (χ4v) is 2.47. The van der Waals surface area contributed by atoms with Crippen LogP contribution in [-0.4, -0.2) is 49.8 Å². The Balaban J connectivity index is 1.57. The number of morpholine rings is 1. The van der Waals surface area contributed by atoms with Gasteiger partial charge in [0.25, 0.3) is 0 Å². The Bertz CT molecular complexity index is 200. The Kier molecular flexibility index (Phi) is 4.62. The lowest BCUT2D eigenvalue weighted by molar-refractivity contribution is 0.0362. The first-order valence-electron chi connectivity index (χ1n) is 6.82. The summed E-state index contributed by atoms with van der Waals surface area (Å²) in [5.74, 6) is 0.964. The zero-order valence-corrected chi connectivity index (χ0v) is 10.7. The second-order valence-corrected chi connectivity index (χ2v) is 5.44. The van der Waals surface area contributed by atoms with Gasteiger partial charge in [0.2, 0.25) is 0 Å². The molecule has 2 aliphatic rings. The average Bonchev–Trinajstić information content (AvgIpc) is 3.11. The summed E-state index contributed by atoms with van der Waals surface area (Å²) in [6, 6.07) is 1.37. The number of nitrogens with zero attached hydrogens (tertiary/aromatic N) is 1. The SMILES string of the molecule is CC(CCN1CCOCC1)NC(C)C1CC1. The van der Waals surface area contributed by atoms with Crippen LogP contribution in [-0.2, 0) is 4.74 Å². The van der Waals surface area contributed by atoms with Gasteiger partial charge in [0.1, 0.15) is 0 Å². The van der Waals surface area contributed by atoms with Crippen molar-refractivity contribution >= 4 is 0 Å². The van der Waals surface area contributed by atoms with E-state index >= 15 is 0 Å². The van der Waals surface area contributed by atoms with Gasteiger partial charge in [-0.1, -0.05) is 0 Å². The van der Waals surface area contributed by atoms with E-state index in [1.54, 1.807) is 0 Å². The van der Waals surface area contributed by atoms with Gasteiger partial charge in [0.05, 0.1) is 13.2 Å². The summed E-state index contributed by atoms with van der Waals surface area (Å²) in [5.41, 5.74) is 0. The van der Waals surface area contributed by atoms with E-state index in [-0.39, 0.29) is 0 Å². The Morgan fingerprint density at radius 3 is 2.56 bits per heavy atom. The van der Waals surface area contributed by atoms with Crippen LogP contribution in [0.4, 0.5) is 0 Å². The van der Waals surface area contributed by atoms with Gasteiger partial charge in [0.15, 0.2) is 0 Å². The van der Waals surface area contributed by atoms with E-state index in [0.717, 1.165) is 38.3 Å². The van der Waals surface area contributed by atoms with Crippen molar-refractivity contribution in [2.45, 2.75) is 45.2 Å². The normalized spacial score (nSPS) is 26.6. The summed E-state index contributed by atoms with van der Waals surface area (Å²) in [5, 5.41) is 3.72. The average molecular weight is 226 g/mol. The lowest BCUT2D eigenvalue weighted by Crippen LogP contribution is -2.41. The molecule has 16 heavy (non-hydrogen) atoms. The van der Waals surface area contributed by atoms with Gasteiger partial charge in [-0.05, 0) is 45.6 Å². The zero-order valence-electron chi connectivity index (χ0n) is 10.7. The zero-order chi connectivity index (χ0) is 11.4. The highest BCUT2D eigenvalue weighted by molar-refractivity contribution is 4.84. The topological polar surface area (TPSA) is 24.5 Å². The van der Waals surface area contributed by atoms with E-state index in [1.165, 1.54) is 25.8 Å². The summed E-state index contributed by atoms with van der Waals surface area (Å²) >= 11 is 0. The minimum atomic E-state index is 0.651. The molecule has 1 saturated carbocycles. The van der Waals surface area contributed by atoms with Crippen molar-refractivity contribution in [3.05, 3.63) is 0 Å². The molecule has 0 aromatic carbocycles. The van der Waals surface area contributed by atoms with Crippen molar-refractivity contribution in [1.29, 1.82) is 0 Å². The molecule has 2 unspecified atom stereocenters. The van der Waals surface area contributed by atoms with Crippen LogP contribution in [0.25, 0.3) is 0 Å². The molecule has 2 fully saturated rings. The third-order valence-electron chi connectivity index (χ3n) is 3.86. The number of hydrogen-bond acceptors (Lipinski definition) is 3. The van der Waals surface area contributed by atoms with Crippen molar-refractivity contribution in [1.82, 2.24) is 10.2 Å². The maximum absolute atomic E-state index is 5.35. The molecule has 0 bridgehead atoms. The van der Waals surface area contributed by atoms with Crippen LogP contribution in [0.3, 0.4) is 0 Å². The number of hydrogen-bond donors (Lipinski definition) is 1. The summed E-state index contributed by atoms with van der Waals surface area (Å²) in [4.78, 5) is 2.52. The minimum absolute atomic E-state index is 0.651. The molecule has 2 rings (SSSR count). The third kappa shape index (κ3) is 4.04. The lowest BCUT2D eigenvalue weighted by atomic mass is 10.1. The van der Waals surface area contributed by atoms with Gasteiger partial charge in [-0.2, -0.15) is 0 Å². The second kappa shape index (κ2) is 5.99. The standard InChI is InChI=1S/C13H26N2O/c1-11(14-12(2)13-3-4-13)5-6-15-7-9-16-10-8-15/h11-14H,3-10H2,1-2H3.